The fourth-order valence-electron chi connectivity index (χ4n) is 1.24. The van der Waals surface area contributed by atoms with Crippen molar-refractivity contribution < 1.29 is 9.26 Å². The van der Waals surface area contributed by atoms with Gasteiger partial charge < -0.3 is 9.26 Å². The Morgan fingerprint density at radius 1 is 1.50 bits per heavy atom. The molecule has 1 aliphatic heterocycles. The van der Waals surface area contributed by atoms with E-state index in [9.17, 15) is 0 Å². The van der Waals surface area contributed by atoms with Gasteiger partial charge >= 0.3 is 0 Å². The summed E-state index contributed by atoms with van der Waals surface area (Å²) in [5, 5.41) is 3.58. The van der Waals surface area contributed by atoms with E-state index < -0.39 is 0 Å². The van der Waals surface area contributed by atoms with Crippen molar-refractivity contribution in [2.45, 2.75) is 18.9 Å². The van der Waals surface area contributed by atoms with E-state index >= 15 is 0 Å². The maximum atomic E-state index is 5.63. The zero-order valence-corrected chi connectivity index (χ0v) is 7.55. The maximum Gasteiger partial charge on any atom is 0.179 e. The molecule has 0 bridgehead atoms. The number of aromatic nitrogens is 1. The van der Waals surface area contributed by atoms with E-state index in [4.69, 9.17) is 4.74 Å². The van der Waals surface area contributed by atoms with E-state index in [1.165, 1.54) is 11.5 Å². The molecule has 0 radical (unpaired) electrons. The van der Waals surface area contributed by atoms with Crippen molar-refractivity contribution >= 4 is 11.8 Å². The summed E-state index contributed by atoms with van der Waals surface area (Å²) in [5.74, 6) is 3.17. The number of rotatable bonds is 2. The molecule has 1 aromatic rings. The fourth-order valence-corrected chi connectivity index (χ4v) is 2.30. The predicted molar refractivity (Wildman–Crippen MR) is 47.5 cm³/mol. The first-order chi connectivity index (χ1) is 5.95. The van der Waals surface area contributed by atoms with Crippen LogP contribution in [0.2, 0.25) is 0 Å². The molecule has 0 spiro atoms. The highest BCUT2D eigenvalue weighted by Crippen LogP contribution is 2.21. The summed E-state index contributed by atoms with van der Waals surface area (Å²) in [7, 11) is 0. The third-order valence-electron chi connectivity index (χ3n) is 1.88. The topological polar surface area (TPSA) is 35.3 Å². The van der Waals surface area contributed by atoms with Gasteiger partial charge in [-0.3, -0.25) is 0 Å². The van der Waals surface area contributed by atoms with Crippen molar-refractivity contribution in [3.63, 3.8) is 0 Å². The van der Waals surface area contributed by atoms with E-state index in [0.29, 0.717) is 6.10 Å². The molecule has 1 aliphatic rings. The zero-order valence-electron chi connectivity index (χ0n) is 6.73. The molecule has 3 nitrogen and oxygen atoms in total. The molecule has 0 unspecified atom stereocenters. The van der Waals surface area contributed by atoms with Gasteiger partial charge in [-0.05, 0) is 24.3 Å². The average Bonchev–Trinajstić information content (AvgIpc) is 2.59. The molecular weight excluding hydrogens is 174 g/mol. The van der Waals surface area contributed by atoms with Crippen LogP contribution in [0.3, 0.4) is 0 Å². The number of thioether (sulfide) groups is 1. The van der Waals surface area contributed by atoms with E-state index in [1.807, 2.05) is 11.8 Å². The second-order valence-corrected chi connectivity index (χ2v) is 4.01. The van der Waals surface area contributed by atoms with Gasteiger partial charge in [-0.25, -0.2) is 0 Å². The Bertz CT molecular complexity index is 219. The van der Waals surface area contributed by atoms with Crippen molar-refractivity contribution in [3.05, 3.63) is 12.5 Å². The van der Waals surface area contributed by atoms with Crippen LogP contribution in [0.4, 0.5) is 0 Å². The van der Waals surface area contributed by atoms with Crippen LogP contribution < -0.4 is 4.74 Å². The lowest BCUT2D eigenvalue weighted by Crippen LogP contribution is -2.21. The van der Waals surface area contributed by atoms with Crippen LogP contribution in [0.25, 0.3) is 0 Å². The molecule has 0 aliphatic carbocycles. The predicted octanol–water partition coefficient (Wildman–Crippen LogP) is 1.95. The normalized spacial score (nSPS) is 19.3. The van der Waals surface area contributed by atoms with Crippen molar-refractivity contribution in [2.75, 3.05) is 11.5 Å². The van der Waals surface area contributed by atoms with E-state index in [-0.39, 0.29) is 0 Å². The lowest BCUT2D eigenvalue weighted by molar-refractivity contribution is 0.190. The maximum absolute atomic E-state index is 5.63. The molecule has 0 aromatic carbocycles. The SMILES string of the molecule is c1nocc1OC1CCSCC1. The second-order valence-electron chi connectivity index (χ2n) is 2.79. The number of ether oxygens (including phenoxy) is 1. The third-order valence-corrected chi connectivity index (χ3v) is 2.93. The first-order valence-electron chi connectivity index (χ1n) is 4.09. The number of hydrogen-bond acceptors (Lipinski definition) is 4. The lowest BCUT2D eigenvalue weighted by Gasteiger charge is -2.21. The first kappa shape index (κ1) is 7.98. The third kappa shape index (κ3) is 1.94. The van der Waals surface area contributed by atoms with Gasteiger partial charge in [-0.15, -0.1) is 0 Å². The minimum atomic E-state index is 0.366. The molecule has 0 saturated carbocycles. The van der Waals surface area contributed by atoms with Gasteiger partial charge in [0.1, 0.15) is 12.3 Å². The fraction of sp³-hybridized carbons (Fsp3) is 0.625. The first-order valence-corrected chi connectivity index (χ1v) is 5.24. The summed E-state index contributed by atoms with van der Waals surface area (Å²) in [6.07, 6.45) is 5.79. The van der Waals surface area contributed by atoms with Crippen LogP contribution in [0.1, 0.15) is 12.8 Å². The van der Waals surface area contributed by atoms with Crippen molar-refractivity contribution in [1.82, 2.24) is 5.16 Å². The summed E-state index contributed by atoms with van der Waals surface area (Å²) in [6, 6.07) is 0. The summed E-state index contributed by atoms with van der Waals surface area (Å²) >= 11 is 1.99. The average molecular weight is 185 g/mol. The van der Waals surface area contributed by atoms with E-state index in [0.717, 1.165) is 18.6 Å². The Morgan fingerprint density at radius 2 is 2.33 bits per heavy atom. The molecule has 1 aromatic heterocycles. The minimum absolute atomic E-state index is 0.366. The summed E-state index contributed by atoms with van der Waals surface area (Å²) in [5.41, 5.74) is 0. The zero-order chi connectivity index (χ0) is 8.23. The summed E-state index contributed by atoms with van der Waals surface area (Å²) in [4.78, 5) is 0. The van der Waals surface area contributed by atoms with Gasteiger partial charge in [0.25, 0.3) is 0 Å². The monoisotopic (exact) mass is 185 g/mol. The second kappa shape index (κ2) is 3.85. The van der Waals surface area contributed by atoms with Gasteiger partial charge in [0.2, 0.25) is 0 Å². The van der Waals surface area contributed by atoms with Crippen LogP contribution >= 0.6 is 11.8 Å². The molecule has 1 fully saturated rings. The Balaban J connectivity index is 1.86. The van der Waals surface area contributed by atoms with Crippen molar-refractivity contribution in [2.24, 2.45) is 0 Å². The standard InChI is InChI=1S/C8H11NO2S/c1-3-12-4-2-7(1)11-8-5-9-10-6-8/h5-7H,1-4H2. The van der Waals surface area contributed by atoms with Crippen LogP contribution in [0.5, 0.6) is 5.75 Å². The van der Waals surface area contributed by atoms with Crippen LogP contribution in [-0.2, 0) is 0 Å². The van der Waals surface area contributed by atoms with Crippen molar-refractivity contribution in [1.29, 1.82) is 0 Å². The molecule has 0 N–H and O–H groups in total. The molecule has 2 heterocycles. The molecular formula is C8H11NO2S. The molecule has 1 saturated heterocycles. The molecule has 0 atom stereocenters. The molecule has 66 valence electrons. The largest absolute Gasteiger partial charge is 0.485 e. The number of hydrogen-bond donors (Lipinski definition) is 0. The lowest BCUT2D eigenvalue weighted by atomic mass is 10.2. The van der Waals surface area contributed by atoms with Gasteiger partial charge in [-0.1, -0.05) is 5.16 Å². The van der Waals surface area contributed by atoms with E-state index in [1.54, 1.807) is 12.5 Å². The van der Waals surface area contributed by atoms with E-state index in [2.05, 4.69) is 9.68 Å². The molecule has 12 heavy (non-hydrogen) atoms. The van der Waals surface area contributed by atoms with Crippen LogP contribution in [0.15, 0.2) is 17.0 Å². The molecule has 4 heteroatoms. The van der Waals surface area contributed by atoms with Gasteiger partial charge in [0.15, 0.2) is 12.0 Å². The Morgan fingerprint density at radius 3 is 3.00 bits per heavy atom. The highest BCUT2D eigenvalue weighted by atomic mass is 32.2. The minimum Gasteiger partial charge on any atom is -0.485 e. The van der Waals surface area contributed by atoms with Crippen LogP contribution in [0, 0.1) is 0 Å². The Kier molecular flexibility index (Phi) is 2.56. The summed E-state index contributed by atoms with van der Waals surface area (Å²) in [6.45, 7) is 0. The quantitative estimate of drug-likeness (QED) is 0.705. The summed E-state index contributed by atoms with van der Waals surface area (Å²) < 4.78 is 10.3. The molecule has 0 amide bonds. The van der Waals surface area contributed by atoms with Crippen LogP contribution in [-0.4, -0.2) is 22.8 Å². The highest BCUT2D eigenvalue weighted by Gasteiger charge is 2.15. The van der Waals surface area contributed by atoms with Crippen molar-refractivity contribution in [3.8, 4) is 5.75 Å². The Labute approximate surface area is 75.5 Å². The number of nitrogens with zero attached hydrogens (tertiary/aromatic N) is 1. The van der Waals surface area contributed by atoms with Gasteiger partial charge in [0, 0.05) is 0 Å². The molecule has 2 rings (SSSR count). The highest BCUT2D eigenvalue weighted by molar-refractivity contribution is 7.99. The smallest absolute Gasteiger partial charge is 0.179 e. The van der Waals surface area contributed by atoms with Gasteiger partial charge in [-0.2, -0.15) is 11.8 Å². The Hall–Kier alpha value is -0.640. The van der Waals surface area contributed by atoms with Gasteiger partial charge in [0.05, 0.1) is 0 Å².